The summed E-state index contributed by atoms with van der Waals surface area (Å²) in [6.07, 6.45) is 1.53. The van der Waals surface area contributed by atoms with Crippen molar-refractivity contribution in [2.75, 3.05) is 5.32 Å². The molecule has 7 heteroatoms. The Morgan fingerprint density at radius 1 is 1.03 bits per heavy atom. The largest absolute Gasteiger partial charge is 0.489 e. The van der Waals surface area contributed by atoms with Gasteiger partial charge in [0.05, 0.1) is 6.21 Å². The van der Waals surface area contributed by atoms with Crippen molar-refractivity contribution in [1.29, 1.82) is 0 Å². The lowest BCUT2D eigenvalue weighted by Gasteiger charge is -2.08. The predicted molar refractivity (Wildman–Crippen MR) is 118 cm³/mol. The van der Waals surface area contributed by atoms with E-state index in [1.807, 2.05) is 48.5 Å². The van der Waals surface area contributed by atoms with Crippen molar-refractivity contribution in [2.45, 2.75) is 13.5 Å². The molecule has 0 aromatic heterocycles. The fourth-order valence-corrected chi connectivity index (χ4v) is 2.79. The lowest BCUT2D eigenvalue weighted by atomic mass is 10.2. The van der Waals surface area contributed by atoms with Gasteiger partial charge in [0.15, 0.2) is 0 Å². The van der Waals surface area contributed by atoms with Gasteiger partial charge in [0.2, 0.25) is 5.91 Å². The van der Waals surface area contributed by atoms with Crippen LogP contribution < -0.4 is 15.5 Å². The van der Waals surface area contributed by atoms with Gasteiger partial charge in [0.1, 0.15) is 12.4 Å². The third-order valence-corrected chi connectivity index (χ3v) is 4.43. The van der Waals surface area contributed by atoms with Gasteiger partial charge in [-0.05, 0) is 48.0 Å². The summed E-state index contributed by atoms with van der Waals surface area (Å²) in [5.74, 6) is 0.139. The number of hydrogen-bond acceptors (Lipinski definition) is 4. The van der Waals surface area contributed by atoms with Gasteiger partial charge >= 0.3 is 0 Å². The molecule has 0 aliphatic heterocycles. The molecule has 0 atom stereocenters. The standard InChI is InChI=1S/C23H20ClN3O3/c1-16(28)26-20-11-9-18(10-12-20)23(29)27-25-14-17-5-4-7-21(13-17)30-15-19-6-2-3-8-22(19)24/h2-14H,15H2,1H3,(H,26,28)(H,27,29). The van der Waals surface area contributed by atoms with E-state index >= 15 is 0 Å². The van der Waals surface area contributed by atoms with Crippen LogP contribution in [0.5, 0.6) is 5.75 Å². The molecular formula is C23H20ClN3O3. The molecule has 0 saturated carbocycles. The van der Waals surface area contributed by atoms with Gasteiger partial charge in [-0.2, -0.15) is 5.10 Å². The smallest absolute Gasteiger partial charge is 0.271 e. The SMILES string of the molecule is CC(=O)Nc1ccc(C(=O)NN=Cc2cccc(OCc3ccccc3Cl)c2)cc1. The second-order valence-corrected chi connectivity index (χ2v) is 6.82. The minimum absolute atomic E-state index is 0.171. The van der Waals surface area contributed by atoms with Crippen LogP contribution >= 0.6 is 11.6 Å². The van der Waals surface area contributed by atoms with Crippen LogP contribution in [0, 0.1) is 0 Å². The minimum atomic E-state index is -0.355. The van der Waals surface area contributed by atoms with Gasteiger partial charge in [0, 0.05) is 28.8 Å². The number of nitrogens with one attached hydrogen (secondary N) is 2. The molecule has 30 heavy (non-hydrogen) atoms. The van der Waals surface area contributed by atoms with Gasteiger partial charge in [-0.3, -0.25) is 9.59 Å². The van der Waals surface area contributed by atoms with Gasteiger partial charge in [-0.1, -0.05) is 41.9 Å². The van der Waals surface area contributed by atoms with E-state index in [0.29, 0.717) is 28.6 Å². The van der Waals surface area contributed by atoms with Crippen molar-refractivity contribution in [3.63, 3.8) is 0 Å². The number of anilines is 1. The van der Waals surface area contributed by atoms with Gasteiger partial charge in [0.25, 0.3) is 5.91 Å². The summed E-state index contributed by atoms with van der Waals surface area (Å²) in [4.78, 5) is 23.2. The Labute approximate surface area is 179 Å². The number of amides is 2. The van der Waals surface area contributed by atoms with E-state index in [1.165, 1.54) is 13.1 Å². The van der Waals surface area contributed by atoms with E-state index in [0.717, 1.165) is 11.1 Å². The molecule has 0 aliphatic carbocycles. The van der Waals surface area contributed by atoms with Gasteiger partial charge in [-0.25, -0.2) is 5.43 Å². The summed E-state index contributed by atoms with van der Waals surface area (Å²) in [5.41, 5.74) is 5.20. The number of ether oxygens (including phenoxy) is 1. The second kappa shape index (κ2) is 10.2. The molecule has 0 aliphatic rings. The van der Waals surface area contributed by atoms with Crippen molar-refractivity contribution < 1.29 is 14.3 Å². The average molecular weight is 422 g/mol. The maximum atomic E-state index is 12.2. The molecule has 0 unspecified atom stereocenters. The molecule has 2 N–H and O–H groups in total. The first-order chi connectivity index (χ1) is 14.5. The third kappa shape index (κ3) is 6.18. The molecule has 6 nitrogen and oxygen atoms in total. The monoisotopic (exact) mass is 421 g/mol. The number of carbonyl (C=O) groups excluding carboxylic acids is 2. The van der Waals surface area contributed by atoms with Crippen LogP contribution in [0.4, 0.5) is 5.69 Å². The van der Waals surface area contributed by atoms with Crippen molar-refractivity contribution in [3.8, 4) is 5.75 Å². The van der Waals surface area contributed by atoms with Crippen LogP contribution in [0.2, 0.25) is 5.02 Å². The summed E-state index contributed by atoms with van der Waals surface area (Å²) in [6.45, 7) is 1.78. The van der Waals surface area contributed by atoms with E-state index < -0.39 is 0 Å². The van der Waals surface area contributed by atoms with Crippen molar-refractivity contribution in [1.82, 2.24) is 5.43 Å². The number of hydrazone groups is 1. The van der Waals surface area contributed by atoms with E-state index in [9.17, 15) is 9.59 Å². The number of nitrogens with zero attached hydrogens (tertiary/aromatic N) is 1. The first-order valence-electron chi connectivity index (χ1n) is 9.18. The molecule has 0 spiro atoms. The molecule has 0 heterocycles. The molecule has 3 aromatic rings. The van der Waals surface area contributed by atoms with Crippen molar-refractivity contribution >= 4 is 35.3 Å². The van der Waals surface area contributed by atoms with E-state index in [4.69, 9.17) is 16.3 Å². The molecule has 3 aromatic carbocycles. The minimum Gasteiger partial charge on any atom is -0.489 e. The highest BCUT2D eigenvalue weighted by Gasteiger charge is 2.05. The summed E-state index contributed by atoms with van der Waals surface area (Å²) in [6, 6.07) is 21.4. The first-order valence-corrected chi connectivity index (χ1v) is 9.56. The number of carbonyl (C=O) groups is 2. The fourth-order valence-electron chi connectivity index (χ4n) is 2.60. The van der Waals surface area contributed by atoms with Crippen LogP contribution in [0.25, 0.3) is 0 Å². The Hall–Kier alpha value is -3.64. The number of benzene rings is 3. The third-order valence-electron chi connectivity index (χ3n) is 4.06. The Kier molecular flexibility index (Phi) is 7.19. The molecule has 0 fully saturated rings. The van der Waals surface area contributed by atoms with E-state index in [1.54, 1.807) is 24.3 Å². The molecule has 152 valence electrons. The summed E-state index contributed by atoms with van der Waals surface area (Å²) in [5, 5.41) is 7.29. The zero-order valence-corrected chi connectivity index (χ0v) is 17.0. The van der Waals surface area contributed by atoms with Crippen LogP contribution in [0.15, 0.2) is 77.9 Å². The molecule has 2 amide bonds. The Bertz CT molecular complexity index is 1070. The molecule has 0 bridgehead atoms. The number of rotatable bonds is 7. The lowest BCUT2D eigenvalue weighted by molar-refractivity contribution is -0.114. The zero-order valence-electron chi connectivity index (χ0n) is 16.3. The van der Waals surface area contributed by atoms with Crippen molar-refractivity contribution in [2.24, 2.45) is 5.10 Å². The first kappa shape index (κ1) is 21.1. The van der Waals surface area contributed by atoms with Crippen LogP contribution in [-0.4, -0.2) is 18.0 Å². The highest BCUT2D eigenvalue weighted by atomic mass is 35.5. The molecule has 0 radical (unpaired) electrons. The Morgan fingerprint density at radius 2 is 1.80 bits per heavy atom. The van der Waals surface area contributed by atoms with E-state index in [-0.39, 0.29) is 11.8 Å². The highest BCUT2D eigenvalue weighted by molar-refractivity contribution is 6.31. The summed E-state index contributed by atoms with van der Waals surface area (Å²) >= 11 is 6.14. The second-order valence-electron chi connectivity index (χ2n) is 6.41. The summed E-state index contributed by atoms with van der Waals surface area (Å²) in [7, 11) is 0. The Morgan fingerprint density at radius 3 is 2.53 bits per heavy atom. The lowest BCUT2D eigenvalue weighted by Crippen LogP contribution is -2.17. The topological polar surface area (TPSA) is 79.8 Å². The molecule has 0 saturated heterocycles. The maximum Gasteiger partial charge on any atom is 0.271 e. The number of hydrogen-bond donors (Lipinski definition) is 2. The Balaban J connectivity index is 1.55. The van der Waals surface area contributed by atoms with Gasteiger partial charge < -0.3 is 10.1 Å². The zero-order chi connectivity index (χ0) is 21.3. The fraction of sp³-hybridized carbons (Fsp3) is 0.0870. The van der Waals surface area contributed by atoms with Gasteiger partial charge in [-0.15, -0.1) is 0 Å². The van der Waals surface area contributed by atoms with Crippen LogP contribution in [-0.2, 0) is 11.4 Å². The van der Waals surface area contributed by atoms with Crippen LogP contribution in [0.1, 0.15) is 28.4 Å². The normalized spacial score (nSPS) is 10.6. The summed E-state index contributed by atoms with van der Waals surface area (Å²) < 4.78 is 5.79. The average Bonchev–Trinajstić information content (AvgIpc) is 2.73. The maximum absolute atomic E-state index is 12.2. The predicted octanol–water partition coefficient (Wildman–Crippen LogP) is 4.64. The number of halogens is 1. The highest BCUT2D eigenvalue weighted by Crippen LogP contribution is 2.19. The quantitative estimate of drug-likeness (QED) is 0.430. The van der Waals surface area contributed by atoms with Crippen LogP contribution in [0.3, 0.4) is 0 Å². The molecular weight excluding hydrogens is 402 g/mol. The van der Waals surface area contributed by atoms with E-state index in [2.05, 4.69) is 15.8 Å². The van der Waals surface area contributed by atoms with Crippen molar-refractivity contribution in [3.05, 3.63) is 94.5 Å². The molecule has 3 rings (SSSR count).